The van der Waals surface area contributed by atoms with E-state index in [-0.39, 0.29) is 29.4 Å². The molecule has 3 rings (SSSR count). The van der Waals surface area contributed by atoms with Crippen molar-refractivity contribution < 1.29 is 25.2 Å². The van der Waals surface area contributed by atoms with E-state index < -0.39 is 5.97 Å². The molecule has 1 aromatic heterocycles. The lowest BCUT2D eigenvalue weighted by Crippen LogP contribution is -2.22. The van der Waals surface area contributed by atoms with E-state index >= 15 is 0 Å². The van der Waals surface area contributed by atoms with Crippen LogP contribution in [0, 0.1) is 0 Å². The van der Waals surface area contributed by atoms with Crippen LogP contribution in [-0.2, 0) is 13.1 Å². The Kier molecular flexibility index (Phi) is 5.07. The molecule has 1 heterocycles. The van der Waals surface area contributed by atoms with E-state index in [0.717, 1.165) is 5.56 Å². The number of carbonyl (C=O) groups is 1. The minimum absolute atomic E-state index is 0.000604. The van der Waals surface area contributed by atoms with Crippen LogP contribution in [-0.4, -0.2) is 36.4 Å². The topological polar surface area (TPSA) is 127 Å². The maximum Gasteiger partial charge on any atom is 0.339 e. The molecule has 0 unspecified atom stereocenters. The maximum atomic E-state index is 11.3. The largest absolute Gasteiger partial charge is 0.508 e. The second-order valence-corrected chi connectivity index (χ2v) is 5.92. The van der Waals surface area contributed by atoms with Crippen molar-refractivity contribution in [2.45, 2.75) is 13.1 Å². The summed E-state index contributed by atoms with van der Waals surface area (Å²) in [4.78, 5) is 21.1. The molecule has 8 heteroatoms. The molecule has 0 saturated carbocycles. The molecule has 0 spiro atoms. The quantitative estimate of drug-likeness (QED) is 0.490. The van der Waals surface area contributed by atoms with Gasteiger partial charge in [0.05, 0.1) is 0 Å². The van der Waals surface area contributed by atoms with Crippen molar-refractivity contribution in [2.24, 2.45) is 0 Å². The number of aromatic hydroxyl groups is 3. The van der Waals surface area contributed by atoms with Crippen LogP contribution in [0.15, 0.2) is 55.1 Å². The summed E-state index contributed by atoms with van der Waals surface area (Å²) in [7, 11) is 0. The smallest absolute Gasteiger partial charge is 0.339 e. The Bertz CT molecular complexity index is 963. The van der Waals surface area contributed by atoms with Crippen LogP contribution in [0.1, 0.15) is 21.5 Å². The second-order valence-electron chi connectivity index (χ2n) is 5.92. The summed E-state index contributed by atoms with van der Waals surface area (Å²) in [5.74, 6) is -1.59. The lowest BCUT2D eigenvalue weighted by Gasteiger charge is -2.26. The van der Waals surface area contributed by atoms with Gasteiger partial charge in [0, 0.05) is 42.3 Å². The predicted molar refractivity (Wildman–Crippen MR) is 96.8 cm³/mol. The molecular formula is C19H17N3O5. The minimum atomic E-state index is -1.25. The van der Waals surface area contributed by atoms with Crippen LogP contribution < -0.4 is 4.90 Å². The van der Waals surface area contributed by atoms with Gasteiger partial charge in [-0.2, -0.15) is 0 Å². The van der Waals surface area contributed by atoms with Gasteiger partial charge in [-0.3, -0.25) is 0 Å². The standard InChI is InChI=1S/C19H17N3O5/c23-15-2-4-17(24)13(5-15)10-22(9-12-7-20-11-21-8-12)14-1-3-18(25)16(6-14)19(26)27/h1-8,11,23-25H,9-10H2,(H,26,27). The highest BCUT2D eigenvalue weighted by Crippen LogP contribution is 2.29. The lowest BCUT2D eigenvalue weighted by molar-refractivity contribution is 0.0693. The Hall–Kier alpha value is -3.81. The third kappa shape index (κ3) is 4.24. The summed E-state index contributed by atoms with van der Waals surface area (Å²) in [6.45, 7) is 0.499. The summed E-state index contributed by atoms with van der Waals surface area (Å²) >= 11 is 0. The highest BCUT2D eigenvalue weighted by molar-refractivity contribution is 5.92. The van der Waals surface area contributed by atoms with Crippen molar-refractivity contribution in [1.82, 2.24) is 9.97 Å². The van der Waals surface area contributed by atoms with Gasteiger partial charge in [-0.05, 0) is 36.4 Å². The molecule has 0 radical (unpaired) electrons. The average Bonchev–Trinajstić information content (AvgIpc) is 2.65. The van der Waals surface area contributed by atoms with Crippen LogP contribution in [0.25, 0.3) is 0 Å². The zero-order valence-electron chi connectivity index (χ0n) is 14.1. The number of carboxylic acid groups (broad SMARTS) is 1. The lowest BCUT2D eigenvalue weighted by atomic mass is 10.1. The van der Waals surface area contributed by atoms with Crippen molar-refractivity contribution in [3.05, 3.63) is 71.8 Å². The number of benzene rings is 2. The summed E-state index contributed by atoms with van der Waals surface area (Å²) < 4.78 is 0. The van der Waals surface area contributed by atoms with Gasteiger partial charge in [0.1, 0.15) is 29.1 Å². The van der Waals surface area contributed by atoms with Crippen molar-refractivity contribution in [1.29, 1.82) is 0 Å². The molecule has 138 valence electrons. The fraction of sp³-hybridized carbons (Fsp3) is 0.105. The van der Waals surface area contributed by atoms with Gasteiger partial charge >= 0.3 is 5.97 Å². The summed E-state index contributed by atoms with van der Waals surface area (Å²) in [5, 5.41) is 38.8. The molecule has 0 aliphatic heterocycles. The van der Waals surface area contributed by atoms with Crippen LogP contribution in [0.3, 0.4) is 0 Å². The van der Waals surface area contributed by atoms with E-state index in [2.05, 4.69) is 9.97 Å². The van der Waals surface area contributed by atoms with Crippen LogP contribution in [0.2, 0.25) is 0 Å². The predicted octanol–water partition coefficient (Wildman–Crippen LogP) is 2.50. The molecule has 0 fully saturated rings. The SMILES string of the molecule is O=C(O)c1cc(N(Cc2cncnc2)Cc2cc(O)ccc2O)ccc1O. The molecule has 4 N–H and O–H groups in total. The van der Waals surface area contributed by atoms with Gasteiger partial charge in [-0.15, -0.1) is 0 Å². The van der Waals surface area contributed by atoms with Crippen molar-refractivity contribution in [3.63, 3.8) is 0 Å². The highest BCUT2D eigenvalue weighted by atomic mass is 16.4. The number of phenols is 3. The summed E-state index contributed by atoms with van der Waals surface area (Å²) in [6.07, 6.45) is 4.65. The maximum absolute atomic E-state index is 11.3. The first-order valence-corrected chi connectivity index (χ1v) is 8.00. The summed E-state index contributed by atoms with van der Waals surface area (Å²) in [5.41, 5.74) is 1.50. The van der Waals surface area contributed by atoms with Gasteiger partial charge in [0.2, 0.25) is 0 Å². The Balaban J connectivity index is 2.00. The van der Waals surface area contributed by atoms with Crippen LogP contribution in [0.4, 0.5) is 5.69 Å². The number of hydrogen-bond acceptors (Lipinski definition) is 7. The molecule has 0 atom stereocenters. The van der Waals surface area contributed by atoms with Gasteiger partial charge in [-0.1, -0.05) is 0 Å². The van der Waals surface area contributed by atoms with E-state index in [4.69, 9.17) is 0 Å². The first-order valence-electron chi connectivity index (χ1n) is 8.00. The van der Waals surface area contributed by atoms with E-state index in [1.54, 1.807) is 23.4 Å². The molecule has 0 bridgehead atoms. The van der Waals surface area contributed by atoms with E-state index in [1.165, 1.54) is 36.7 Å². The molecule has 27 heavy (non-hydrogen) atoms. The number of carboxylic acids is 1. The van der Waals surface area contributed by atoms with Gasteiger partial charge in [-0.25, -0.2) is 14.8 Å². The molecule has 0 aliphatic rings. The number of phenolic OH excluding ortho intramolecular Hbond substituents is 2. The second kappa shape index (κ2) is 7.61. The fourth-order valence-electron chi connectivity index (χ4n) is 2.67. The van der Waals surface area contributed by atoms with E-state index in [1.807, 2.05) is 0 Å². The number of aromatic carboxylic acids is 1. The van der Waals surface area contributed by atoms with Crippen molar-refractivity contribution in [2.75, 3.05) is 4.90 Å². The molecule has 8 nitrogen and oxygen atoms in total. The third-order valence-corrected chi connectivity index (χ3v) is 3.99. The molecule has 3 aromatic rings. The molecule has 0 aliphatic carbocycles. The Morgan fingerprint density at radius 1 is 0.926 bits per heavy atom. The Morgan fingerprint density at radius 3 is 2.33 bits per heavy atom. The fourth-order valence-corrected chi connectivity index (χ4v) is 2.67. The number of rotatable bonds is 6. The normalized spacial score (nSPS) is 10.5. The van der Waals surface area contributed by atoms with Crippen LogP contribution >= 0.6 is 0 Å². The molecule has 0 saturated heterocycles. The first-order chi connectivity index (χ1) is 12.9. The zero-order chi connectivity index (χ0) is 19.4. The zero-order valence-corrected chi connectivity index (χ0v) is 14.1. The average molecular weight is 367 g/mol. The van der Waals surface area contributed by atoms with E-state index in [0.29, 0.717) is 17.8 Å². The highest BCUT2D eigenvalue weighted by Gasteiger charge is 2.16. The number of hydrogen-bond donors (Lipinski definition) is 4. The number of aromatic nitrogens is 2. The van der Waals surface area contributed by atoms with Crippen LogP contribution in [0.5, 0.6) is 17.2 Å². The minimum Gasteiger partial charge on any atom is -0.508 e. The number of nitrogens with zero attached hydrogens (tertiary/aromatic N) is 3. The van der Waals surface area contributed by atoms with Gasteiger partial charge < -0.3 is 25.3 Å². The van der Waals surface area contributed by atoms with Crippen molar-refractivity contribution in [3.8, 4) is 17.2 Å². The number of anilines is 1. The van der Waals surface area contributed by atoms with Gasteiger partial charge in [0.25, 0.3) is 0 Å². The van der Waals surface area contributed by atoms with Gasteiger partial charge in [0.15, 0.2) is 0 Å². The molecule has 2 aromatic carbocycles. The Labute approximate surface area is 154 Å². The van der Waals surface area contributed by atoms with Crippen molar-refractivity contribution >= 4 is 11.7 Å². The monoisotopic (exact) mass is 367 g/mol. The van der Waals surface area contributed by atoms with E-state index in [9.17, 15) is 25.2 Å². The Morgan fingerprint density at radius 2 is 1.63 bits per heavy atom. The summed E-state index contributed by atoms with van der Waals surface area (Å²) in [6, 6.07) is 8.41. The molecular weight excluding hydrogens is 350 g/mol. The molecule has 0 amide bonds. The third-order valence-electron chi connectivity index (χ3n) is 3.99. The first kappa shape index (κ1) is 18.0.